The first-order valence-electron chi connectivity index (χ1n) is 7.80. The first-order valence-corrected chi connectivity index (χ1v) is 8.18. The second-order valence-corrected chi connectivity index (χ2v) is 5.83. The van der Waals surface area contributed by atoms with Crippen LogP contribution in [0.1, 0.15) is 23.0 Å². The second kappa shape index (κ2) is 7.03. The smallest absolute Gasteiger partial charge is 0.433 e. The van der Waals surface area contributed by atoms with Crippen molar-refractivity contribution in [3.05, 3.63) is 69.1 Å². The van der Waals surface area contributed by atoms with Crippen molar-refractivity contribution in [1.82, 2.24) is 9.55 Å². The fourth-order valence-electron chi connectivity index (χ4n) is 2.58. The van der Waals surface area contributed by atoms with Gasteiger partial charge in [-0.2, -0.15) is 13.2 Å². The van der Waals surface area contributed by atoms with Gasteiger partial charge in [-0.15, -0.1) is 0 Å². The van der Waals surface area contributed by atoms with Gasteiger partial charge in [-0.05, 0) is 31.2 Å². The summed E-state index contributed by atoms with van der Waals surface area (Å²) in [4.78, 5) is 28.7. The molecule has 0 saturated carbocycles. The van der Waals surface area contributed by atoms with Gasteiger partial charge in [0, 0.05) is 5.39 Å². The summed E-state index contributed by atoms with van der Waals surface area (Å²) in [5.41, 5.74) is -2.62. The number of para-hydroxylation sites is 1. The fraction of sp³-hybridized carbons (Fsp3) is 0.167. The Labute approximate surface area is 156 Å². The van der Waals surface area contributed by atoms with Crippen molar-refractivity contribution in [2.45, 2.75) is 13.1 Å². The van der Waals surface area contributed by atoms with E-state index >= 15 is 0 Å². The maximum atomic E-state index is 13.1. The van der Waals surface area contributed by atoms with Crippen molar-refractivity contribution in [3.8, 4) is 5.69 Å². The van der Waals surface area contributed by atoms with Gasteiger partial charge in [0.1, 0.15) is 16.9 Å². The molecule has 0 spiro atoms. The third-order valence-electron chi connectivity index (χ3n) is 3.74. The molecular formula is C18H12ClF3N2O3. The number of ether oxygens (including phenoxy) is 1. The Balaban J connectivity index is 2.46. The van der Waals surface area contributed by atoms with Crippen LogP contribution in [0.4, 0.5) is 13.2 Å². The number of pyridine rings is 2. The van der Waals surface area contributed by atoms with Crippen LogP contribution in [0, 0.1) is 0 Å². The quantitative estimate of drug-likeness (QED) is 0.621. The van der Waals surface area contributed by atoms with Crippen LogP contribution in [0.5, 0.6) is 0 Å². The van der Waals surface area contributed by atoms with Gasteiger partial charge in [-0.25, -0.2) is 9.78 Å². The third kappa shape index (κ3) is 3.40. The second-order valence-electron chi connectivity index (χ2n) is 5.45. The molecule has 0 aliphatic carbocycles. The Bertz CT molecular complexity index is 1080. The molecule has 0 unspecified atom stereocenters. The van der Waals surface area contributed by atoms with E-state index in [1.165, 1.54) is 12.1 Å². The van der Waals surface area contributed by atoms with E-state index in [4.69, 9.17) is 16.3 Å². The van der Waals surface area contributed by atoms with Gasteiger partial charge >= 0.3 is 12.1 Å². The molecule has 0 bridgehead atoms. The minimum absolute atomic E-state index is 0.00321. The average molecular weight is 397 g/mol. The summed E-state index contributed by atoms with van der Waals surface area (Å²) < 4.78 is 45.1. The van der Waals surface area contributed by atoms with Crippen LogP contribution in [0.15, 0.2) is 47.3 Å². The highest BCUT2D eigenvalue weighted by Crippen LogP contribution is 2.32. The molecule has 0 amide bonds. The zero-order valence-electron chi connectivity index (χ0n) is 13.9. The normalized spacial score (nSPS) is 11.6. The van der Waals surface area contributed by atoms with Gasteiger partial charge in [0.05, 0.1) is 17.3 Å². The monoisotopic (exact) mass is 396 g/mol. The van der Waals surface area contributed by atoms with Crippen LogP contribution >= 0.6 is 11.6 Å². The molecule has 0 aliphatic heterocycles. The number of carbonyl (C=O) groups excluding carboxylic acids is 1. The molecule has 0 saturated heterocycles. The Morgan fingerprint density at radius 2 is 1.85 bits per heavy atom. The van der Waals surface area contributed by atoms with Crippen LogP contribution in [0.2, 0.25) is 5.02 Å². The average Bonchev–Trinajstić information content (AvgIpc) is 2.62. The van der Waals surface area contributed by atoms with Crippen molar-refractivity contribution >= 4 is 28.6 Å². The summed E-state index contributed by atoms with van der Waals surface area (Å²) in [6, 6.07) is 9.70. The number of halogens is 4. The molecule has 0 radical (unpaired) electrons. The number of fused-ring (bicyclic) bond motifs is 1. The lowest BCUT2D eigenvalue weighted by molar-refractivity contribution is -0.141. The van der Waals surface area contributed by atoms with Crippen LogP contribution in [-0.2, 0) is 10.9 Å². The van der Waals surface area contributed by atoms with E-state index in [0.29, 0.717) is 0 Å². The molecule has 2 heterocycles. The van der Waals surface area contributed by atoms with Crippen molar-refractivity contribution in [2.75, 3.05) is 6.61 Å². The largest absolute Gasteiger partial charge is 0.462 e. The van der Waals surface area contributed by atoms with E-state index in [-0.39, 0.29) is 28.4 Å². The summed E-state index contributed by atoms with van der Waals surface area (Å²) in [6.07, 6.45) is -4.71. The maximum Gasteiger partial charge on any atom is 0.433 e. The number of carbonyl (C=O) groups is 1. The Hall–Kier alpha value is -2.87. The molecule has 0 fully saturated rings. The van der Waals surface area contributed by atoms with Gasteiger partial charge < -0.3 is 4.74 Å². The van der Waals surface area contributed by atoms with Crippen molar-refractivity contribution in [3.63, 3.8) is 0 Å². The van der Waals surface area contributed by atoms with Gasteiger partial charge in [-0.1, -0.05) is 29.8 Å². The predicted molar refractivity (Wildman–Crippen MR) is 93.3 cm³/mol. The molecular weight excluding hydrogens is 385 g/mol. The molecule has 9 heteroatoms. The zero-order valence-corrected chi connectivity index (χ0v) is 14.6. The van der Waals surface area contributed by atoms with E-state index in [1.807, 2.05) is 0 Å². The molecule has 1 aromatic carbocycles. The predicted octanol–water partition coefficient (Wildman–Crippen LogP) is 4.23. The molecule has 0 aliphatic rings. The summed E-state index contributed by atoms with van der Waals surface area (Å²) in [5, 5.41) is -0.280. The minimum atomic E-state index is -4.71. The van der Waals surface area contributed by atoms with Crippen molar-refractivity contribution < 1.29 is 22.7 Å². The number of aromatic nitrogens is 2. The van der Waals surface area contributed by atoms with Gasteiger partial charge in [0.2, 0.25) is 0 Å². The maximum absolute atomic E-state index is 13.1. The van der Waals surface area contributed by atoms with Gasteiger partial charge in [0.25, 0.3) is 5.56 Å². The first-order chi connectivity index (χ1) is 12.8. The molecule has 2 aromatic heterocycles. The van der Waals surface area contributed by atoms with Crippen LogP contribution in [0.3, 0.4) is 0 Å². The summed E-state index contributed by atoms with van der Waals surface area (Å²) >= 11 is 6.17. The lowest BCUT2D eigenvalue weighted by Crippen LogP contribution is -2.28. The Kier molecular flexibility index (Phi) is 4.93. The van der Waals surface area contributed by atoms with E-state index in [1.54, 1.807) is 25.1 Å². The highest BCUT2D eigenvalue weighted by atomic mass is 35.5. The number of alkyl halides is 3. The van der Waals surface area contributed by atoms with E-state index in [9.17, 15) is 22.8 Å². The molecule has 5 nitrogen and oxygen atoms in total. The molecule has 27 heavy (non-hydrogen) atoms. The summed E-state index contributed by atoms with van der Waals surface area (Å²) in [5.74, 6) is -0.959. The molecule has 3 aromatic rings. The van der Waals surface area contributed by atoms with Gasteiger partial charge in [0.15, 0.2) is 0 Å². The highest BCUT2D eigenvalue weighted by Gasteiger charge is 2.34. The first kappa shape index (κ1) is 18.9. The summed E-state index contributed by atoms with van der Waals surface area (Å²) in [6.45, 7) is 1.56. The lowest BCUT2D eigenvalue weighted by atomic mass is 10.1. The van der Waals surface area contributed by atoms with Crippen molar-refractivity contribution in [1.29, 1.82) is 0 Å². The standard InChI is InChI=1S/C18H12ClF3N2O3/c1-2-27-17(26)13-14(19)11-8-9-12(18(20,21)22)23-15(11)24(16(13)25)10-6-4-3-5-7-10/h3-9H,2H2,1H3. The fourth-order valence-corrected chi connectivity index (χ4v) is 2.89. The Morgan fingerprint density at radius 1 is 1.19 bits per heavy atom. The molecule has 0 atom stereocenters. The number of rotatable bonds is 3. The molecule has 0 N–H and O–H groups in total. The van der Waals surface area contributed by atoms with Crippen molar-refractivity contribution in [2.24, 2.45) is 0 Å². The zero-order chi connectivity index (χ0) is 19.8. The number of benzene rings is 1. The SMILES string of the molecule is CCOC(=O)c1c(Cl)c2ccc(C(F)(F)F)nc2n(-c2ccccc2)c1=O. The lowest BCUT2D eigenvalue weighted by Gasteiger charge is -2.15. The third-order valence-corrected chi connectivity index (χ3v) is 4.14. The number of nitrogens with zero attached hydrogens (tertiary/aromatic N) is 2. The van der Waals surface area contributed by atoms with Gasteiger partial charge in [-0.3, -0.25) is 9.36 Å². The van der Waals surface area contributed by atoms with E-state index < -0.39 is 29.0 Å². The van der Waals surface area contributed by atoms with Crippen LogP contribution < -0.4 is 5.56 Å². The molecule has 3 rings (SSSR count). The van der Waals surface area contributed by atoms with E-state index in [2.05, 4.69) is 4.98 Å². The van der Waals surface area contributed by atoms with Crippen LogP contribution in [0.25, 0.3) is 16.7 Å². The Morgan fingerprint density at radius 3 is 2.44 bits per heavy atom. The number of hydrogen-bond donors (Lipinski definition) is 0. The summed E-state index contributed by atoms with van der Waals surface area (Å²) in [7, 11) is 0. The van der Waals surface area contributed by atoms with Crippen LogP contribution in [-0.4, -0.2) is 22.1 Å². The number of esters is 1. The highest BCUT2D eigenvalue weighted by molar-refractivity contribution is 6.38. The minimum Gasteiger partial charge on any atom is -0.462 e. The van der Waals surface area contributed by atoms with E-state index in [0.717, 1.165) is 16.7 Å². The number of hydrogen-bond acceptors (Lipinski definition) is 4. The molecule has 140 valence electrons. The topological polar surface area (TPSA) is 61.2 Å².